The number of β-amino-alcohol motifs (C(OH)–C–C–N with tert-alkyl or cyclic N) is 1. The third-order valence-corrected chi connectivity index (χ3v) is 3.13. The van der Waals surface area contributed by atoms with Gasteiger partial charge in [-0.3, -0.25) is 4.79 Å². The number of carbonyl (C=O) groups is 1. The smallest absolute Gasteiger partial charge is 0.246 e. The van der Waals surface area contributed by atoms with Gasteiger partial charge in [-0.2, -0.15) is 0 Å². The maximum absolute atomic E-state index is 11.8. The van der Waals surface area contributed by atoms with E-state index in [2.05, 4.69) is 0 Å². The molecule has 2 rings (SSSR count). The number of aliphatic hydroxyl groups excluding tert-OH is 1. The van der Waals surface area contributed by atoms with Gasteiger partial charge in [-0.1, -0.05) is 29.8 Å². The molecule has 0 spiro atoms. The Bertz CT molecular complexity index is 445. The Morgan fingerprint density at radius 2 is 2.24 bits per heavy atom. The minimum absolute atomic E-state index is 0.0820. The summed E-state index contributed by atoms with van der Waals surface area (Å²) < 4.78 is 0. The van der Waals surface area contributed by atoms with Crippen LogP contribution in [0.4, 0.5) is 0 Å². The number of nitrogens with zero attached hydrogens (tertiary/aromatic N) is 1. The van der Waals surface area contributed by atoms with Crippen molar-refractivity contribution in [2.75, 3.05) is 13.1 Å². The van der Waals surface area contributed by atoms with Gasteiger partial charge in [0, 0.05) is 24.2 Å². The van der Waals surface area contributed by atoms with E-state index in [0.717, 1.165) is 5.56 Å². The first kappa shape index (κ1) is 12.1. The van der Waals surface area contributed by atoms with Gasteiger partial charge < -0.3 is 10.0 Å². The monoisotopic (exact) mass is 251 g/mol. The highest BCUT2D eigenvalue weighted by atomic mass is 35.5. The fraction of sp³-hybridized carbons (Fsp3) is 0.308. The molecule has 1 amide bonds. The standard InChI is InChI=1S/C13H14ClNO2/c14-12-4-2-1-3-10(12)5-6-13(17)15-8-7-11(16)9-15/h1-6,11,16H,7-9H2/t11-/m0/s1. The molecule has 1 N–H and O–H groups in total. The molecule has 0 bridgehead atoms. The first-order chi connectivity index (χ1) is 8.16. The highest BCUT2D eigenvalue weighted by Crippen LogP contribution is 2.17. The van der Waals surface area contributed by atoms with Gasteiger partial charge in [0.25, 0.3) is 0 Å². The minimum atomic E-state index is -0.382. The molecule has 0 aliphatic carbocycles. The fourth-order valence-corrected chi connectivity index (χ4v) is 2.02. The number of carbonyl (C=O) groups excluding carboxylic acids is 1. The van der Waals surface area contributed by atoms with Crippen molar-refractivity contribution >= 4 is 23.6 Å². The van der Waals surface area contributed by atoms with Gasteiger partial charge in [-0.15, -0.1) is 0 Å². The zero-order chi connectivity index (χ0) is 12.3. The molecule has 0 radical (unpaired) electrons. The molecule has 1 fully saturated rings. The van der Waals surface area contributed by atoms with Gasteiger partial charge in [-0.05, 0) is 24.1 Å². The van der Waals surface area contributed by atoms with Crippen molar-refractivity contribution in [1.29, 1.82) is 0 Å². The molecule has 1 aromatic rings. The van der Waals surface area contributed by atoms with Crippen LogP contribution in [-0.4, -0.2) is 35.1 Å². The fourth-order valence-electron chi connectivity index (χ4n) is 1.82. The number of benzene rings is 1. The van der Waals surface area contributed by atoms with E-state index >= 15 is 0 Å². The van der Waals surface area contributed by atoms with E-state index in [1.165, 1.54) is 6.08 Å². The molecule has 1 atom stereocenters. The lowest BCUT2D eigenvalue weighted by atomic mass is 10.2. The van der Waals surface area contributed by atoms with Crippen LogP contribution in [0.2, 0.25) is 5.02 Å². The average molecular weight is 252 g/mol. The summed E-state index contributed by atoms with van der Waals surface area (Å²) in [5, 5.41) is 9.96. The average Bonchev–Trinajstić information content (AvgIpc) is 2.74. The van der Waals surface area contributed by atoms with Crippen LogP contribution in [-0.2, 0) is 4.79 Å². The number of halogens is 1. The molecule has 1 saturated heterocycles. The number of rotatable bonds is 2. The van der Waals surface area contributed by atoms with E-state index in [9.17, 15) is 9.90 Å². The van der Waals surface area contributed by atoms with Gasteiger partial charge in [0.1, 0.15) is 0 Å². The third kappa shape index (κ3) is 3.08. The number of hydrogen-bond acceptors (Lipinski definition) is 2. The first-order valence-corrected chi connectivity index (χ1v) is 5.94. The Balaban J connectivity index is 2.01. The molecule has 1 aliphatic heterocycles. The number of amides is 1. The highest BCUT2D eigenvalue weighted by Gasteiger charge is 2.22. The lowest BCUT2D eigenvalue weighted by molar-refractivity contribution is -0.125. The van der Waals surface area contributed by atoms with Crippen LogP contribution in [0.15, 0.2) is 30.3 Å². The molecule has 17 heavy (non-hydrogen) atoms. The molecule has 3 nitrogen and oxygen atoms in total. The maximum atomic E-state index is 11.8. The van der Waals surface area contributed by atoms with Crippen molar-refractivity contribution in [2.24, 2.45) is 0 Å². The van der Waals surface area contributed by atoms with E-state index in [1.54, 1.807) is 17.0 Å². The quantitative estimate of drug-likeness (QED) is 0.817. The summed E-state index contributed by atoms with van der Waals surface area (Å²) in [6.07, 6.45) is 3.48. The summed E-state index contributed by atoms with van der Waals surface area (Å²) in [4.78, 5) is 13.4. The summed E-state index contributed by atoms with van der Waals surface area (Å²) >= 11 is 5.97. The number of aliphatic hydroxyl groups is 1. The van der Waals surface area contributed by atoms with Gasteiger partial charge in [0.15, 0.2) is 0 Å². The van der Waals surface area contributed by atoms with Crippen LogP contribution in [0.3, 0.4) is 0 Å². The molecule has 4 heteroatoms. The molecule has 0 saturated carbocycles. The van der Waals surface area contributed by atoms with Crippen molar-refractivity contribution in [2.45, 2.75) is 12.5 Å². The second-order valence-electron chi connectivity index (χ2n) is 4.08. The third-order valence-electron chi connectivity index (χ3n) is 2.79. The lowest BCUT2D eigenvalue weighted by Gasteiger charge is -2.12. The van der Waals surface area contributed by atoms with Crippen molar-refractivity contribution in [1.82, 2.24) is 4.90 Å². The summed E-state index contributed by atoms with van der Waals surface area (Å²) in [5.74, 6) is -0.0820. The molecular weight excluding hydrogens is 238 g/mol. The summed E-state index contributed by atoms with van der Waals surface area (Å²) in [6, 6.07) is 7.35. The van der Waals surface area contributed by atoms with Gasteiger partial charge in [0.2, 0.25) is 5.91 Å². The number of hydrogen-bond donors (Lipinski definition) is 1. The predicted molar refractivity (Wildman–Crippen MR) is 67.7 cm³/mol. The van der Waals surface area contributed by atoms with Crippen LogP contribution < -0.4 is 0 Å². The minimum Gasteiger partial charge on any atom is -0.391 e. The van der Waals surface area contributed by atoms with Crippen LogP contribution >= 0.6 is 11.6 Å². The maximum Gasteiger partial charge on any atom is 0.246 e. The molecule has 1 aliphatic rings. The van der Waals surface area contributed by atoms with Gasteiger partial charge >= 0.3 is 0 Å². The Morgan fingerprint density at radius 3 is 2.88 bits per heavy atom. The van der Waals surface area contributed by atoms with Crippen molar-refractivity contribution in [3.05, 3.63) is 40.9 Å². The zero-order valence-electron chi connectivity index (χ0n) is 9.34. The highest BCUT2D eigenvalue weighted by molar-refractivity contribution is 6.32. The van der Waals surface area contributed by atoms with Crippen LogP contribution in [0.25, 0.3) is 6.08 Å². The van der Waals surface area contributed by atoms with E-state index in [4.69, 9.17) is 11.6 Å². The Kier molecular flexibility index (Phi) is 3.82. The largest absolute Gasteiger partial charge is 0.391 e. The molecule has 1 aromatic carbocycles. The zero-order valence-corrected chi connectivity index (χ0v) is 10.1. The Morgan fingerprint density at radius 1 is 1.47 bits per heavy atom. The lowest BCUT2D eigenvalue weighted by Crippen LogP contribution is -2.27. The second kappa shape index (κ2) is 5.34. The molecule has 0 unspecified atom stereocenters. The van der Waals surface area contributed by atoms with Crippen LogP contribution in [0.1, 0.15) is 12.0 Å². The SMILES string of the molecule is O=C(C=Cc1ccccc1Cl)N1CC[C@H](O)C1. The molecule has 1 heterocycles. The molecular formula is C13H14ClNO2. The summed E-state index contributed by atoms with van der Waals surface area (Å²) in [6.45, 7) is 1.04. The van der Waals surface area contributed by atoms with Crippen molar-refractivity contribution < 1.29 is 9.90 Å². The van der Waals surface area contributed by atoms with Crippen molar-refractivity contribution in [3.8, 4) is 0 Å². The van der Waals surface area contributed by atoms with Crippen molar-refractivity contribution in [3.63, 3.8) is 0 Å². The Labute approximate surface area is 105 Å². The van der Waals surface area contributed by atoms with Gasteiger partial charge in [-0.25, -0.2) is 0 Å². The van der Waals surface area contributed by atoms with Crippen LogP contribution in [0, 0.1) is 0 Å². The van der Waals surface area contributed by atoms with E-state index in [-0.39, 0.29) is 12.0 Å². The molecule has 90 valence electrons. The van der Waals surface area contributed by atoms with Crippen LogP contribution in [0.5, 0.6) is 0 Å². The number of likely N-dealkylation sites (tertiary alicyclic amines) is 1. The predicted octanol–water partition coefficient (Wildman–Crippen LogP) is 1.95. The normalized spacial score (nSPS) is 20.1. The summed E-state index contributed by atoms with van der Waals surface area (Å²) in [7, 11) is 0. The van der Waals surface area contributed by atoms with E-state index < -0.39 is 0 Å². The first-order valence-electron chi connectivity index (χ1n) is 5.56. The van der Waals surface area contributed by atoms with Gasteiger partial charge in [0.05, 0.1) is 6.10 Å². The summed E-state index contributed by atoms with van der Waals surface area (Å²) in [5.41, 5.74) is 0.822. The molecule has 0 aromatic heterocycles. The Hall–Kier alpha value is -1.32. The van der Waals surface area contributed by atoms with E-state index in [0.29, 0.717) is 24.5 Å². The topological polar surface area (TPSA) is 40.5 Å². The van der Waals surface area contributed by atoms with E-state index in [1.807, 2.05) is 18.2 Å². The second-order valence-corrected chi connectivity index (χ2v) is 4.49.